The van der Waals surface area contributed by atoms with Crippen LogP contribution in [0.25, 0.3) is 0 Å². The van der Waals surface area contributed by atoms with Gasteiger partial charge < -0.3 is 0 Å². The first kappa shape index (κ1) is 12.8. The Morgan fingerprint density at radius 3 is 1.80 bits per heavy atom. The molecule has 0 N–H and O–H groups in total. The van der Waals surface area contributed by atoms with Crippen LogP contribution in [0.3, 0.4) is 0 Å². The molecule has 0 amide bonds. The average Bonchev–Trinajstić information content (AvgIpc) is 2.13. The number of rotatable bonds is 3. The highest BCUT2D eigenvalue weighted by Gasteiger charge is 2.19. The fraction of sp³-hybridized carbons (Fsp3) is 0.571. The molecule has 1 heteroatoms. The summed E-state index contributed by atoms with van der Waals surface area (Å²) in [6.07, 6.45) is 0. The second-order valence-electron chi connectivity index (χ2n) is 4.90. The van der Waals surface area contributed by atoms with Crippen LogP contribution in [0.1, 0.15) is 43.4 Å². The van der Waals surface area contributed by atoms with Crippen LogP contribution in [-0.4, -0.2) is 4.83 Å². The zero-order valence-electron chi connectivity index (χ0n) is 10.3. The van der Waals surface area contributed by atoms with Crippen molar-refractivity contribution in [2.24, 2.45) is 5.92 Å². The molecule has 0 bridgehead atoms. The summed E-state index contributed by atoms with van der Waals surface area (Å²) in [6.45, 7) is 11.2. The minimum Gasteiger partial charge on any atom is -0.0881 e. The minimum atomic E-state index is 0.554. The molecule has 0 aliphatic heterocycles. The molecule has 0 saturated carbocycles. The Labute approximate surface area is 102 Å². The van der Waals surface area contributed by atoms with Gasteiger partial charge in [-0.3, -0.25) is 0 Å². The summed E-state index contributed by atoms with van der Waals surface area (Å²) in [7, 11) is 0. The number of halogens is 1. The molecule has 0 radical (unpaired) electrons. The molecular formula is C14H21Br. The molecule has 1 rings (SSSR count). The SMILES string of the molecule is Cc1cc(C)cc(C(C)C(Br)C(C)C)c1. The lowest BCUT2D eigenvalue weighted by Gasteiger charge is -2.22. The van der Waals surface area contributed by atoms with Crippen LogP contribution in [-0.2, 0) is 0 Å². The lowest BCUT2D eigenvalue weighted by Crippen LogP contribution is -2.15. The van der Waals surface area contributed by atoms with E-state index in [9.17, 15) is 0 Å². The van der Waals surface area contributed by atoms with E-state index in [0.29, 0.717) is 16.7 Å². The molecule has 0 aliphatic carbocycles. The topological polar surface area (TPSA) is 0 Å². The Morgan fingerprint density at radius 2 is 1.40 bits per heavy atom. The van der Waals surface area contributed by atoms with Crippen molar-refractivity contribution in [1.29, 1.82) is 0 Å². The highest BCUT2D eigenvalue weighted by Crippen LogP contribution is 2.30. The van der Waals surface area contributed by atoms with Crippen molar-refractivity contribution in [3.63, 3.8) is 0 Å². The maximum atomic E-state index is 3.79. The summed E-state index contributed by atoms with van der Waals surface area (Å²) >= 11 is 3.79. The van der Waals surface area contributed by atoms with Gasteiger partial charge in [0.05, 0.1) is 0 Å². The molecule has 2 unspecified atom stereocenters. The van der Waals surface area contributed by atoms with E-state index >= 15 is 0 Å². The Hall–Kier alpha value is -0.300. The summed E-state index contributed by atoms with van der Waals surface area (Å²) in [5.74, 6) is 1.24. The number of alkyl halides is 1. The van der Waals surface area contributed by atoms with Gasteiger partial charge in [-0.2, -0.15) is 0 Å². The first-order valence-electron chi connectivity index (χ1n) is 5.64. The highest BCUT2D eigenvalue weighted by atomic mass is 79.9. The van der Waals surface area contributed by atoms with E-state index in [-0.39, 0.29) is 0 Å². The van der Waals surface area contributed by atoms with E-state index in [1.807, 2.05) is 0 Å². The van der Waals surface area contributed by atoms with E-state index in [2.05, 4.69) is 68.7 Å². The van der Waals surface area contributed by atoms with Crippen molar-refractivity contribution in [2.75, 3.05) is 0 Å². The zero-order valence-corrected chi connectivity index (χ0v) is 11.9. The molecule has 0 saturated heterocycles. The monoisotopic (exact) mass is 268 g/mol. The third-order valence-corrected chi connectivity index (χ3v) is 4.73. The highest BCUT2D eigenvalue weighted by molar-refractivity contribution is 9.09. The largest absolute Gasteiger partial charge is 0.0881 e. The Bertz CT molecular complexity index is 308. The lowest BCUT2D eigenvalue weighted by molar-refractivity contribution is 0.550. The smallest absolute Gasteiger partial charge is 0.0234 e. The van der Waals surface area contributed by atoms with Gasteiger partial charge in [-0.15, -0.1) is 0 Å². The second-order valence-corrected chi connectivity index (χ2v) is 5.96. The standard InChI is InChI=1S/C14H21Br/c1-9(2)14(15)12(5)13-7-10(3)6-11(4)8-13/h6-9,12,14H,1-5H3. The fourth-order valence-corrected chi connectivity index (χ4v) is 2.34. The van der Waals surface area contributed by atoms with Crippen molar-refractivity contribution < 1.29 is 0 Å². The average molecular weight is 269 g/mol. The predicted molar refractivity (Wildman–Crippen MR) is 71.9 cm³/mol. The first-order valence-corrected chi connectivity index (χ1v) is 6.55. The van der Waals surface area contributed by atoms with Crippen LogP contribution in [0.2, 0.25) is 0 Å². The van der Waals surface area contributed by atoms with Crippen molar-refractivity contribution in [3.05, 3.63) is 34.9 Å². The molecule has 0 heterocycles. The third kappa shape index (κ3) is 3.34. The van der Waals surface area contributed by atoms with E-state index in [1.165, 1.54) is 16.7 Å². The minimum absolute atomic E-state index is 0.554. The number of hydrogen-bond donors (Lipinski definition) is 0. The lowest BCUT2D eigenvalue weighted by atomic mass is 9.90. The maximum absolute atomic E-state index is 3.79. The van der Waals surface area contributed by atoms with Crippen molar-refractivity contribution in [1.82, 2.24) is 0 Å². The molecule has 0 spiro atoms. The van der Waals surface area contributed by atoms with Gasteiger partial charge in [0.2, 0.25) is 0 Å². The second kappa shape index (κ2) is 5.16. The fourth-order valence-electron chi connectivity index (χ4n) is 2.03. The van der Waals surface area contributed by atoms with Gasteiger partial charge in [0, 0.05) is 4.83 Å². The van der Waals surface area contributed by atoms with Crippen molar-refractivity contribution >= 4 is 15.9 Å². The quantitative estimate of drug-likeness (QED) is 0.690. The number of benzene rings is 1. The molecule has 1 aromatic rings. The van der Waals surface area contributed by atoms with E-state index in [0.717, 1.165) is 0 Å². The predicted octanol–water partition coefficient (Wildman–Crippen LogP) is 4.83. The van der Waals surface area contributed by atoms with Crippen molar-refractivity contribution in [3.8, 4) is 0 Å². The molecule has 84 valence electrons. The van der Waals surface area contributed by atoms with Gasteiger partial charge in [0.15, 0.2) is 0 Å². The first-order chi connectivity index (χ1) is 6.91. The van der Waals surface area contributed by atoms with E-state index in [4.69, 9.17) is 0 Å². The summed E-state index contributed by atoms with van der Waals surface area (Å²) in [6, 6.07) is 6.83. The van der Waals surface area contributed by atoms with Gasteiger partial charge in [0.1, 0.15) is 0 Å². The van der Waals surface area contributed by atoms with Gasteiger partial charge >= 0.3 is 0 Å². The molecule has 2 atom stereocenters. The summed E-state index contributed by atoms with van der Waals surface area (Å²) < 4.78 is 0. The van der Waals surface area contributed by atoms with Crippen LogP contribution in [0.5, 0.6) is 0 Å². The normalized spacial score (nSPS) is 15.4. The summed E-state index contributed by atoms with van der Waals surface area (Å²) in [4.78, 5) is 0.554. The van der Waals surface area contributed by atoms with Crippen LogP contribution in [0, 0.1) is 19.8 Å². The van der Waals surface area contributed by atoms with Gasteiger partial charge in [0.25, 0.3) is 0 Å². The molecule has 0 aromatic heterocycles. The van der Waals surface area contributed by atoms with Crippen LogP contribution < -0.4 is 0 Å². The van der Waals surface area contributed by atoms with Gasteiger partial charge in [-0.1, -0.05) is 66.0 Å². The zero-order chi connectivity index (χ0) is 11.6. The molecule has 0 aliphatic rings. The molecule has 1 aromatic carbocycles. The summed E-state index contributed by atoms with van der Waals surface area (Å²) in [5, 5.41) is 0. The molecular weight excluding hydrogens is 248 g/mol. The molecule has 0 nitrogen and oxygen atoms in total. The Morgan fingerprint density at radius 1 is 0.933 bits per heavy atom. The maximum Gasteiger partial charge on any atom is 0.0234 e. The van der Waals surface area contributed by atoms with Crippen molar-refractivity contribution in [2.45, 2.75) is 45.4 Å². The Balaban J connectivity index is 2.95. The van der Waals surface area contributed by atoms with E-state index < -0.39 is 0 Å². The molecule has 0 fully saturated rings. The van der Waals surface area contributed by atoms with E-state index in [1.54, 1.807) is 0 Å². The molecule has 15 heavy (non-hydrogen) atoms. The van der Waals surface area contributed by atoms with Gasteiger partial charge in [-0.05, 0) is 31.2 Å². The van der Waals surface area contributed by atoms with Gasteiger partial charge in [-0.25, -0.2) is 0 Å². The van der Waals surface area contributed by atoms with Crippen LogP contribution in [0.4, 0.5) is 0 Å². The van der Waals surface area contributed by atoms with Crippen LogP contribution >= 0.6 is 15.9 Å². The Kier molecular flexibility index (Phi) is 4.39. The van der Waals surface area contributed by atoms with Crippen LogP contribution in [0.15, 0.2) is 18.2 Å². The third-order valence-electron chi connectivity index (χ3n) is 2.88. The summed E-state index contributed by atoms with van der Waals surface area (Å²) in [5.41, 5.74) is 4.17. The number of aryl methyl sites for hydroxylation is 2. The number of hydrogen-bond acceptors (Lipinski definition) is 0.